The van der Waals surface area contributed by atoms with E-state index in [1.807, 2.05) is 0 Å². The molecule has 0 radical (unpaired) electrons. The molecule has 0 aliphatic heterocycles. The molecule has 0 aliphatic carbocycles. The monoisotopic (exact) mass is 244 g/mol. The summed E-state index contributed by atoms with van der Waals surface area (Å²) < 4.78 is 4.81. The first kappa shape index (κ1) is 16.4. The third-order valence-electron chi connectivity index (χ3n) is 3.06. The number of carbonyl (C=O) groups excluding carboxylic acids is 1. The zero-order valence-corrected chi connectivity index (χ0v) is 11.8. The fourth-order valence-corrected chi connectivity index (χ4v) is 1.76. The van der Waals surface area contributed by atoms with Gasteiger partial charge in [-0.25, -0.2) is 0 Å². The smallest absolute Gasteiger partial charge is 0.322 e. The van der Waals surface area contributed by atoms with Gasteiger partial charge in [-0.1, -0.05) is 27.7 Å². The van der Waals surface area contributed by atoms with E-state index in [0.29, 0.717) is 24.3 Å². The molecule has 0 bridgehead atoms. The molecule has 102 valence electrons. The van der Waals surface area contributed by atoms with Gasteiger partial charge in [-0.2, -0.15) is 0 Å². The molecule has 2 atom stereocenters. The molecule has 0 spiro atoms. The highest BCUT2D eigenvalue weighted by Crippen LogP contribution is 2.10. The average Bonchev–Trinajstić information content (AvgIpc) is 2.26. The van der Waals surface area contributed by atoms with E-state index in [9.17, 15) is 4.79 Å². The standard InChI is InChI=1S/C13H28N2O2/c1-9(2)6-12(13(16)17-5)15-8-11(7-14)10(3)4/h9-12,15H,6-8,14H2,1-5H3. The summed E-state index contributed by atoms with van der Waals surface area (Å²) in [5, 5.41) is 3.28. The van der Waals surface area contributed by atoms with Crippen molar-refractivity contribution in [3.8, 4) is 0 Å². The van der Waals surface area contributed by atoms with Crippen LogP contribution in [0.4, 0.5) is 0 Å². The second kappa shape index (κ2) is 8.48. The molecule has 4 heteroatoms. The van der Waals surface area contributed by atoms with E-state index in [2.05, 4.69) is 33.0 Å². The van der Waals surface area contributed by atoms with Gasteiger partial charge < -0.3 is 15.8 Å². The lowest BCUT2D eigenvalue weighted by Crippen LogP contribution is -2.43. The molecular weight excluding hydrogens is 216 g/mol. The Balaban J connectivity index is 4.28. The molecule has 0 aliphatic rings. The van der Waals surface area contributed by atoms with Crippen LogP contribution in [0.5, 0.6) is 0 Å². The van der Waals surface area contributed by atoms with Crippen LogP contribution in [0.1, 0.15) is 34.1 Å². The van der Waals surface area contributed by atoms with Gasteiger partial charge in [0.25, 0.3) is 0 Å². The van der Waals surface area contributed by atoms with E-state index in [1.165, 1.54) is 7.11 Å². The van der Waals surface area contributed by atoms with Gasteiger partial charge in [0.05, 0.1) is 7.11 Å². The fourth-order valence-electron chi connectivity index (χ4n) is 1.76. The van der Waals surface area contributed by atoms with Crippen LogP contribution in [0.3, 0.4) is 0 Å². The number of esters is 1. The fraction of sp³-hybridized carbons (Fsp3) is 0.923. The minimum Gasteiger partial charge on any atom is -0.468 e. The molecule has 0 rings (SSSR count). The van der Waals surface area contributed by atoms with Crippen LogP contribution in [0.25, 0.3) is 0 Å². The van der Waals surface area contributed by atoms with Gasteiger partial charge in [0.1, 0.15) is 6.04 Å². The summed E-state index contributed by atoms with van der Waals surface area (Å²) in [5.74, 6) is 1.19. The van der Waals surface area contributed by atoms with E-state index >= 15 is 0 Å². The van der Waals surface area contributed by atoms with Crippen LogP contribution in [0.15, 0.2) is 0 Å². The first-order valence-electron chi connectivity index (χ1n) is 6.43. The largest absolute Gasteiger partial charge is 0.468 e. The third-order valence-corrected chi connectivity index (χ3v) is 3.06. The van der Waals surface area contributed by atoms with E-state index in [4.69, 9.17) is 10.5 Å². The Morgan fingerprint density at radius 2 is 1.88 bits per heavy atom. The molecule has 2 unspecified atom stereocenters. The van der Waals surface area contributed by atoms with Crippen LogP contribution in [0.2, 0.25) is 0 Å². The molecule has 0 saturated carbocycles. The third kappa shape index (κ3) is 6.64. The second-order valence-corrected chi connectivity index (χ2v) is 5.35. The predicted octanol–water partition coefficient (Wildman–Crippen LogP) is 1.39. The van der Waals surface area contributed by atoms with Crippen LogP contribution in [-0.2, 0) is 9.53 Å². The maximum absolute atomic E-state index is 11.6. The SMILES string of the molecule is COC(=O)C(CC(C)C)NCC(CN)C(C)C. The molecule has 3 N–H and O–H groups in total. The molecule has 4 nitrogen and oxygen atoms in total. The van der Waals surface area contributed by atoms with E-state index in [1.54, 1.807) is 0 Å². The minimum atomic E-state index is -0.215. The van der Waals surface area contributed by atoms with Gasteiger partial charge in [0.15, 0.2) is 0 Å². The van der Waals surface area contributed by atoms with E-state index < -0.39 is 0 Å². The molecule has 17 heavy (non-hydrogen) atoms. The summed E-state index contributed by atoms with van der Waals surface area (Å²) in [7, 11) is 1.43. The number of methoxy groups -OCH3 is 1. The highest BCUT2D eigenvalue weighted by Gasteiger charge is 2.21. The van der Waals surface area contributed by atoms with Crippen molar-refractivity contribution in [3.63, 3.8) is 0 Å². The lowest BCUT2D eigenvalue weighted by atomic mass is 9.95. The Labute approximate surface area is 105 Å². The number of carbonyl (C=O) groups is 1. The number of ether oxygens (including phenoxy) is 1. The number of hydrogen-bond donors (Lipinski definition) is 2. The van der Waals surface area contributed by atoms with Gasteiger partial charge >= 0.3 is 5.97 Å². The summed E-state index contributed by atoms with van der Waals surface area (Å²) in [6.45, 7) is 9.89. The lowest BCUT2D eigenvalue weighted by molar-refractivity contribution is -0.143. The van der Waals surface area contributed by atoms with E-state index in [0.717, 1.165) is 13.0 Å². The maximum Gasteiger partial charge on any atom is 0.322 e. The van der Waals surface area contributed by atoms with Crippen molar-refractivity contribution >= 4 is 5.97 Å². The van der Waals surface area contributed by atoms with Crippen molar-refractivity contribution in [1.82, 2.24) is 5.32 Å². The summed E-state index contributed by atoms with van der Waals surface area (Å²) in [6.07, 6.45) is 0.794. The zero-order chi connectivity index (χ0) is 13.4. The van der Waals surface area contributed by atoms with Crippen molar-refractivity contribution in [2.45, 2.75) is 40.2 Å². The quantitative estimate of drug-likeness (QED) is 0.633. The van der Waals surface area contributed by atoms with Gasteiger partial charge in [-0.15, -0.1) is 0 Å². The Bertz CT molecular complexity index is 217. The molecular formula is C13H28N2O2. The summed E-state index contributed by atoms with van der Waals surface area (Å²) >= 11 is 0. The van der Waals surface area contributed by atoms with E-state index in [-0.39, 0.29) is 12.0 Å². The summed E-state index contributed by atoms with van der Waals surface area (Å²) in [6, 6.07) is -0.215. The van der Waals surface area contributed by atoms with Crippen LogP contribution < -0.4 is 11.1 Å². The van der Waals surface area contributed by atoms with Gasteiger partial charge in [-0.3, -0.25) is 4.79 Å². The van der Waals surface area contributed by atoms with Crippen molar-refractivity contribution < 1.29 is 9.53 Å². The number of rotatable bonds is 8. The van der Waals surface area contributed by atoms with Gasteiger partial charge in [0.2, 0.25) is 0 Å². The first-order valence-corrected chi connectivity index (χ1v) is 6.43. The van der Waals surface area contributed by atoms with Crippen molar-refractivity contribution in [1.29, 1.82) is 0 Å². The molecule has 0 amide bonds. The van der Waals surface area contributed by atoms with Crippen LogP contribution in [-0.4, -0.2) is 32.2 Å². The predicted molar refractivity (Wildman–Crippen MR) is 70.6 cm³/mol. The second-order valence-electron chi connectivity index (χ2n) is 5.35. The van der Waals surface area contributed by atoms with Crippen molar-refractivity contribution in [3.05, 3.63) is 0 Å². The normalized spacial score (nSPS) is 15.1. The maximum atomic E-state index is 11.6. The van der Waals surface area contributed by atoms with Crippen molar-refractivity contribution in [2.75, 3.05) is 20.2 Å². The van der Waals surface area contributed by atoms with Gasteiger partial charge in [-0.05, 0) is 30.7 Å². The highest BCUT2D eigenvalue weighted by molar-refractivity contribution is 5.75. The van der Waals surface area contributed by atoms with Gasteiger partial charge in [0, 0.05) is 6.54 Å². The topological polar surface area (TPSA) is 64.3 Å². The molecule has 0 fully saturated rings. The summed E-state index contributed by atoms with van der Waals surface area (Å²) in [5.41, 5.74) is 5.71. The lowest BCUT2D eigenvalue weighted by Gasteiger charge is -2.24. The molecule has 0 aromatic carbocycles. The Hall–Kier alpha value is -0.610. The number of hydrogen-bond acceptors (Lipinski definition) is 4. The number of nitrogens with one attached hydrogen (secondary N) is 1. The molecule has 0 heterocycles. The zero-order valence-electron chi connectivity index (χ0n) is 11.8. The molecule has 0 saturated heterocycles. The Kier molecular flexibility index (Phi) is 8.17. The van der Waals surface area contributed by atoms with Crippen LogP contribution in [0, 0.1) is 17.8 Å². The highest BCUT2D eigenvalue weighted by atomic mass is 16.5. The molecule has 0 aromatic rings. The number of nitrogens with two attached hydrogens (primary N) is 1. The van der Waals surface area contributed by atoms with Crippen molar-refractivity contribution in [2.24, 2.45) is 23.5 Å². The minimum absolute atomic E-state index is 0.182. The molecule has 0 aromatic heterocycles. The first-order chi connectivity index (χ1) is 7.92. The summed E-state index contributed by atoms with van der Waals surface area (Å²) in [4.78, 5) is 11.6. The Morgan fingerprint density at radius 1 is 1.29 bits per heavy atom. The average molecular weight is 244 g/mol. The Morgan fingerprint density at radius 3 is 2.24 bits per heavy atom. The van der Waals surface area contributed by atoms with Crippen LogP contribution >= 0.6 is 0 Å².